The Labute approximate surface area is 93.6 Å². The average Bonchev–Trinajstić information content (AvgIpc) is 2.27. The van der Waals surface area contributed by atoms with Crippen LogP contribution in [0.25, 0.3) is 0 Å². The number of nitrogens with two attached hydrogens (primary N) is 2. The number of benzene rings is 1. The summed E-state index contributed by atoms with van der Waals surface area (Å²) in [4.78, 5) is 22.7. The standard InChI is InChI=1S/C12H14N2O2/c13-11(15)8-5-1-3-7-4-2-6-9(10(7)8)12(14)16/h1,3,5,9H,2,4,6H2,(H2,13,15)(H2,14,16). The normalized spacial score (nSPS) is 18.9. The van der Waals surface area contributed by atoms with Crippen LogP contribution in [0.5, 0.6) is 0 Å². The van der Waals surface area contributed by atoms with Gasteiger partial charge in [0.25, 0.3) is 0 Å². The Morgan fingerprint density at radius 2 is 2.00 bits per heavy atom. The average molecular weight is 218 g/mol. The maximum atomic E-state index is 11.4. The van der Waals surface area contributed by atoms with Crippen molar-refractivity contribution in [3.8, 4) is 0 Å². The lowest BCUT2D eigenvalue weighted by molar-refractivity contribution is -0.119. The highest BCUT2D eigenvalue weighted by Crippen LogP contribution is 2.33. The number of primary amides is 2. The molecule has 84 valence electrons. The van der Waals surface area contributed by atoms with Crippen molar-refractivity contribution < 1.29 is 9.59 Å². The Morgan fingerprint density at radius 3 is 2.62 bits per heavy atom. The zero-order chi connectivity index (χ0) is 11.7. The molecule has 1 aliphatic rings. The Balaban J connectivity index is 2.59. The molecule has 0 radical (unpaired) electrons. The smallest absolute Gasteiger partial charge is 0.249 e. The van der Waals surface area contributed by atoms with Gasteiger partial charge in [0.15, 0.2) is 0 Å². The van der Waals surface area contributed by atoms with Gasteiger partial charge < -0.3 is 11.5 Å². The summed E-state index contributed by atoms with van der Waals surface area (Å²) in [5.74, 6) is -1.24. The molecule has 1 aromatic rings. The molecule has 0 spiro atoms. The van der Waals surface area contributed by atoms with Crippen LogP contribution in [0.3, 0.4) is 0 Å². The first kappa shape index (κ1) is 10.7. The number of hydrogen-bond donors (Lipinski definition) is 2. The van der Waals surface area contributed by atoms with Gasteiger partial charge in [-0.05, 0) is 36.5 Å². The van der Waals surface area contributed by atoms with Crippen molar-refractivity contribution in [3.05, 3.63) is 34.9 Å². The Kier molecular flexibility index (Phi) is 2.64. The molecule has 1 unspecified atom stereocenters. The van der Waals surface area contributed by atoms with Gasteiger partial charge in [-0.25, -0.2) is 0 Å². The maximum absolute atomic E-state index is 11.4. The summed E-state index contributed by atoms with van der Waals surface area (Å²) in [5.41, 5.74) is 12.9. The Morgan fingerprint density at radius 1 is 1.25 bits per heavy atom. The number of rotatable bonds is 2. The van der Waals surface area contributed by atoms with E-state index in [0.717, 1.165) is 24.0 Å². The molecule has 0 bridgehead atoms. The third kappa shape index (κ3) is 1.66. The second kappa shape index (κ2) is 3.96. The van der Waals surface area contributed by atoms with Crippen molar-refractivity contribution in [2.24, 2.45) is 11.5 Å². The molecule has 0 saturated heterocycles. The van der Waals surface area contributed by atoms with Crippen molar-refractivity contribution in [3.63, 3.8) is 0 Å². The number of hydrogen-bond acceptors (Lipinski definition) is 2. The molecule has 16 heavy (non-hydrogen) atoms. The van der Waals surface area contributed by atoms with Gasteiger partial charge in [0.2, 0.25) is 11.8 Å². The highest BCUT2D eigenvalue weighted by atomic mass is 16.1. The molecule has 2 amide bonds. The van der Waals surface area contributed by atoms with Gasteiger partial charge >= 0.3 is 0 Å². The van der Waals surface area contributed by atoms with Crippen LogP contribution in [0, 0.1) is 0 Å². The predicted molar refractivity (Wildman–Crippen MR) is 59.8 cm³/mol. The highest BCUT2D eigenvalue weighted by molar-refractivity contribution is 5.97. The molecule has 4 heteroatoms. The third-order valence-corrected chi connectivity index (χ3v) is 3.09. The van der Waals surface area contributed by atoms with Crippen LogP contribution < -0.4 is 11.5 Å². The van der Waals surface area contributed by atoms with E-state index in [0.29, 0.717) is 12.0 Å². The SMILES string of the molecule is NC(=O)c1cccc2c1C(C(N)=O)CCC2. The van der Waals surface area contributed by atoms with E-state index in [9.17, 15) is 9.59 Å². The summed E-state index contributed by atoms with van der Waals surface area (Å²) < 4.78 is 0. The van der Waals surface area contributed by atoms with E-state index < -0.39 is 5.91 Å². The van der Waals surface area contributed by atoms with Gasteiger partial charge in [-0.1, -0.05) is 12.1 Å². The fraction of sp³-hybridized carbons (Fsp3) is 0.333. The summed E-state index contributed by atoms with van der Waals surface area (Å²) in [6, 6.07) is 5.38. The number of carbonyl (C=O) groups is 2. The first-order chi connectivity index (χ1) is 7.61. The monoisotopic (exact) mass is 218 g/mol. The van der Waals surface area contributed by atoms with Crippen molar-refractivity contribution >= 4 is 11.8 Å². The third-order valence-electron chi connectivity index (χ3n) is 3.09. The van der Waals surface area contributed by atoms with Crippen LogP contribution in [-0.2, 0) is 11.2 Å². The Bertz CT molecular complexity index is 454. The summed E-state index contributed by atoms with van der Waals surface area (Å²) >= 11 is 0. The second-order valence-electron chi connectivity index (χ2n) is 4.09. The van der Waals surface area contributed by atoms with Crippen LogP contribution in [-0.4, -0.2) is 11.8 Å². The molecular weight excluding hydrogens is 204 g/mol. The van der Waals surface area contributed by atoms with E-state index in [4.69, 9.17) is 11.5 Å². The zero-order valence-corrected chi connectivity index (χ0v) is 8.90. The molecule has 4 N–H and O–H groups in total. The summed E-state index contributed by atoms with van der Waals surface area (Å²) in [6.45, 7) is 0. The van der Waals surface area contributed by atoms with E-state index >= 15 is 0 Å². The topological polar surface area (TPSA) is 86.2 Å². The summed E-state index contributed by atoms with van der Waals surface area (Å²) in [5, 5.41) is 0. The van der Waals surface area contributed by atoms with Crippen molar-refractivity contribution in [1.29, 1.82) is 0 Å². The number of carbonyl (C=O) groups excluding carboxylic acids is 2. The molecule has 1 aliphatic carbocycles. The highest BCUT2D eigenvalue weighted by Gasteiger charge is 2.28. The van der Waals surface area contributed by atoms with Crippen LogP contribution in [0.1, 0.15) is 40.2 Å². The number of amides is 2. The minimum Gasteiger partial charge on any atom is -0.369 e. The van der Waals surface area contributed by atoms with Gasteiger partial charge in [0, 0.05) is 5.56 Å². The van der Waals surface area contributed by atoms with Crippen molar-refractivity contribution in [2.45, 2.75) is 25.2 Å². The first-order valence-electron chi connectivity index (χ1n) is 5.32. The molecule has 1 atom stereocenters. The van der Waals surface area contributed by atoms with E-state index in [1.807, 2.05) is 6.07 Å². The molecule has 0 saturated carbocycles. The predicted octanol–water partition coefficient (Wildman–Crippen LogP) is 0.691. The molecule has 2 rings (SSSR count). The minimum absolute atomic E-state index is 0.368. The van der Waals surface area contributed by atoms with Crippen LogP contribution in [0.2, 0.25) is 0 Å². The molecule has 0 heterocycles. The van der Waals surface area contributed by atoms with Crippen LogP contribution >= 0.6 is 0 Å². The molecule has 0 aliphatic heterocycles. The van der Waals surface area contributed by atoms with E-state index in [2.05, 4.69) is 0 Å². The van der Waals surface area contributed by atoms with Gasteiger partial charge in [-0.2, -0.15) is 0 Å². The Hall–Kier alpha value is -1.84. The number of aryl methyl sites for hydroxylation is 1. The van der Waals surface area contributed by atoms with Crippen molar-refractivity contribution in [1.82, 2.24) is 0 Å². The van der Waals surface area contributed by atoms with Crippen molar-refractivity contribution in [2.75, 3.05) is 0 Å². The minimum atomic E-state index is -0.495. The van der Waals surface area contributed by atoms with Gasteiger partial charge in [-0.3, -0.25) is 9.59 Å². The quantitative estimate of drug-likeness (QED) is 0.765. The lowest BCUT2D eigenvalue weighted by Crippen LogP contribution is -2.28. The molecule has 4 nitrogen and oxygen atoms in total. The first-order valence-corrected chi connectivity index (χ1v) is 5.32. The number of fused-ring (bicyclic) bond motifs is 1. The lowest BCUT2D eigenvalue weighted by atomic mass is 9.79. The van der Waals surface area contributed by atoms with E-state index in [1.165, 1.54) is 0 Å². The van der Waals surface area contributed by atoms with Crippen LogP contribution in [0.15, 0.2) is 18.2 Å². The largest absolute Gasteiger partial charge is 0.369 e. The maximum Gasteiger partial charge on any atom is 0.249 e. The van der Waals surface area contributed by atoms with Gasteiger partial charge in [0.05, 0.1) is 5.92 Å². The van der Waals surface area contributed by atoms with E-state index in [1.54, 1.807) is 12.1 Å². The fourth-order valence-corrected chi connectivity index (χ4v) is 2.38. The van der Waals surface area contributed by atoms with Gasteiger partial charge in [-0.15, -0.1) is 0 Å². The lowest BCUT2D eigenvalue weighted by Gasteiger charge is -2.24. The summed E-state index contributed by atoms with van der Waals surface area (Å²) in [7, 11) is 0. The molecular formula is C12H14N2O2. The van der Waals surface area contributed by atoms with E-state index in [-0.39, 0.29) is 11.8 Å². The molecule has 0 fully saturated rings. The second-order valence-corrected chi connectivity index (χ2v) is 4.09. The summed E-state index contributed by atoms with van der Waals surface area (Å²) in [6.07, 6.45) is 2.50. The van der Waals surface area contributed by atoms with Gasteiger partial charge in [0.1, 0.15) is 0 Å². The molecule has 0 aromatic heterocycles. The zero-order valence-electron chi connectivity index (χ0n) is 8.90. The van der Waals surface area contributed by atoms with Crippen LogP contribution in [0.4, 0.5) is 0 Å². The molecule has 1 aromatic carbocycles. The fourth-order valence-electron chi connectivity index (χ4n) is 2.38.